The Morgan fingerprint density at radius 3 is 2.65 bits per heavy atom. The van der Waals surface area contributed by atoms with Crippen molar-refractivity contribution in [3.8, 4) is 0 Å². The summed E-state index contributed by atoms with van der Waals surface area (Å²) in [6, 6.07) is 1.36. The highest BCUT2D eigenvalue weighted by atomic mass is 35.5. The van der Waals surface area contributed by atoms with Crippen LogP contribution in [0.5, 0.6) is 0 Å². The van der Waals surface area contributed by atoms with Crippen molar-refractivity contribution < 1.29 is 4.79 Å². The van der Waals surface area contributed by atoms with Gasteiger partial charge in [-0.05, 0) is 24.8 Å². The minimum atomic E-state index is -0.630. The van der Waals surface area contributed by atoms with E-state index in [2.05, 4.69) is 20.3 Å². The number of aromatic amines is 2. The maximum absolute atomic E-state index is 12.2. The molecule has 3 rings (SSSR count). The molecular formula is C13H17Cl2N5O3. The van der Waals surface area contributed by atoms with Crippen LogP contribution in [0, 0.1) is 5.92 Å². The van der Waals surface area contributed by atoms with Gasteiger partial charge in [0.2, 0.25) is 0 Å². The predicted octanol–water partition coefficient (Wildman–Crippen LogP) is -0.0779. The molecule has 10 heteroatoms. The molecule has 0 saturated heterocycles. The number of nitrogens with two attached hydrogens (primary N) is 1. The van der Waals surface area contributed by atoms with Gasteiger partial charge in [0.1, 0.15) is 5.65 Å². The molecule has 2 heterocycles. The first-order valence-corrected chi connectivity index (χ1v) is 6.72. The molecule has 1 unspecified atom stereocenters. The lowest BCUT2D eigenvalue weighted by Gasteiger charge is -2.15. The standard InChI is InChI=1S/C13H15N5O3.2ClH/c14-4-9(6-1-2-6)16-11(19)7-3-8-10(15-5-7)17-13(21)18-12(8)20;;/h3,5-6,9H,1-2,4,14H2,(H,16,19)(H2,15,17,18,20,21);2*1H. The molecule has 2 aromatic rings. The van der Waals surface area contributed by atoms with Crippen LogP contribution in [0.25, 0.3) is 11.0 Å². The van der Waals surface area contributed by atoms with Gasteiger partial charge in [-0.25, -0.2) is 9.78 Å². The molecule has 1 amide bonds. The maximum Gasteiger partial charge on any atom is 0.327 e. The van der Waals surface area contributed by atoms with Crippen LogP contribution in [0.15, 0.2) is 21.9 Å². The second-order valence-electron chi connectivity index (χ2n) is 5.18. The SMILES string of the molecule is Cl.Cl.NCC(NC(=O)c1cnc2[nH]c(=O)[nH]c(=O)c2c1)C1CC1. The zero-order valence-corrected chi connectivity index (χ0v) is 13.6. The van der Waals surface area contributed by atoms with Gasteiger partial charge >= 0.3 is 5.69 Å². The lowest BCUT2D eigenvalue weighted by Crippen LogP contribution is -2.41. The van der Waals surface area contributed by atoms with Crippen molar-refractivity contribution in [2.75, 3.05) is 6.54 Å². The van der Waals surface area contributed by atoms with E-state index < -0.39 is 11.2 Å². The Morgan fingerprint density at radius 2 is 2.04 bits per heavy atom. The number of carbonyl (C=O) groups is 1. The van der Waals surface area contributed by atoms with E-state index in [1.807, 2.05) is 0 Å². The zero-order chi connectivity index (χ0) is 15.0. The van der Waals surface area contributed by atoms with Crippen LogP contribution < -0.4 is 22.3 Å². The quantitative estimate of drug-likeness (QED) is 0.604. The molecule has 1 saturated carbocycles. The second-order valence-corrected chi connectivity index (χ2v) is 5.18. The summed E-state index contributed by atoms with van der Waals surface area (Å²) in [5.74, 6) is 0.115. The minimum Gasteiger partial charge on any atom is -0.348 e. The highest BCUT2D eigenvalue weighted by molar-refractivity contribution is 5.96. The van der Waals surface area contributed by atoms with E-state index in [0.717, 1.165) is 12.8 Å². The van der Waals surface area contributed by atoms with Gasteiger partial charge in [-0.15, -0.1) is 24.8 Å². The number of hydrogen-bond acceptors (Lipinski definition) is 5. The Morgan fingerprint density at radius 1 is 1.35 bits per heavy atom. The van der Waals surface area contributed by atoms with Crippen molar-refractivity contribution in [1.82, 2.24) is 20.3 Å². The number of pyridine rings is 1. The van der Waals surface area contributed by atoms with E-state index in [1.54, 1.807) is 0 Å². The lowest BCUT2D eigenvalue weighted by molar-refractivity contribution is 0.0933. The average Bonchev–Trinajstić information content (AvgIpc) is 3.28. The Bertz CT molecular complexity index is 815. The fourth-order valence-electron chi connectivity index (χ4n) is 2.29. The predicted molar refractivity (Wildman–Crippen MR) is 90.5 cm³/mol. The van der Waals surface area contributed by atoms with Crippen LogP contribution in [-0.4, -0.2) is 33.4 Å². The smallest absolute Gasteiger partial charge is 0.327 e. The van der Waals surface area contributed by atoms with E-state index in [0.29, 0.717) is 12.5 Å². The van der Waals surface area contributed by atoms with Gasteiger partial charge in [0.05, 0.1) is 10.9 Å². The lowest BCUT2D eigenvalue weighted by atomic mass is 10.1. The molecule has 0 spiro atoms. The van der Waals surface area contributed by atoms with Crippen LogP contribution in [0.2, 0.25) is 0 Å². The van der Waals surface area contributed by atoms with Gasteiger partial charge in [-0.3, -0.25) is 19.6 Å². The van der Waals surface area contributed by atoms with Gasteiger partial charge in [-0.1, -0.05) is 0 Å². The van der Waals surface area contributed by atoms with Crippen LogP contribution >= 0.6 is 24.8 Å². The van der Waals surface area contributed by atoms with Crippen molar-refractivity contribution in [3.05, 3.63) is 38.7 Å². The van der Waals surface area contributed by atoms with Crippen LogP contribution in [0.1, 0.15) is 23.2 Å². The van der Waals surface area contributed by atoms with Gasteiger partial charge in [-0.2, -0.15) is 0 Å². The van der Waals surface area contributed by atoms with Crippen molar-refractivity contribution >= 4 is 41.8 Å². The Hall–Kier alpha value is -1.90. The Labute approximate surface area is 143 Å². The van der Waals surface area contributed by atoms with Crippen molar-refractivity contribution in [2.24, 2.45) is 11.7 Å². The van der Waals surface area contributed by atoms with Crippen molar-refractivity contribution in [3.63, 3.8) is 0 Å². The molecule has 126 valence electrons. The van der Waals surface area contributed by atoms with Crippen LogP contribution in [0.3, 0.4) is 0 Å². The number of H-pyrrole nitrogens is 2. The van der Waals surface area contributed by atoms with E-state index in [4.69, 9.17) is 5.73 Å². The molecule has 1 aliphatic rings. The first-order chi connectivity index (χ1) is 10.1. The number of nitrogens with one attached hydrogen (secondary N) is 3. The molecule has 23 heavy (non-hydrogen) atoms. The van der Waals surface area contributed by atoms with Gasteiger partial charge < -0.3 is 11.1 Å². The van der Waals surface area contributed by atoms with Gasteiger partial charge in [0.15, 0.2) is 0 Å². The fraction of sp³-hybridized carbons (Fsp3) is 0.385. The molecule has 8 nitrogen and oxygen atoms in total. The monoisotopic (exact) mass is 361 g/mol. The zero-order valence-electron chi connectivity index (χ0n) is 12.0. The minimum absolute atomic E-state index is 0. The van der Waals surface area contributed by atoms with E-state index >= 15 is 0 Å². The molecule has 1 atom stereocenters. The van der Waals surface area contributed by atoms with E-state index in [-0.39, 0.29) is 53.4 Å². The number of amides is 1. The fourth-order valence-corrected chi connectivity index (χ4v) is 2.29. The number of hydrogen-bond donors (Lipinski definition) is 4. The Kier molecular flexibility index (Phi) is 6.31. The third kappa shape index (κ3) is 4.10. The van der Waals surface area contributed by atoms with Gasteiger partial charge in [0, 0.05) is 18.8 Å². The summed E-state index contributed by atoms with van der Waals surface area (Å²) in [4.78, 5) is 43.5. The summed E-state index contributed by atoms with van der Waals surface area (Å²) in [6.45, 7) is 0.380. The van der Waals surface area contributed by atoms with Crippen molar-refractivity contribution in [1.29, 1.82) is 0 Å². The molecular weight excluding hydrogens is 345 g/mol. The summed E-state index contributed by atoms with van der Waals surface area (Å²) < 4.78 is 0. The third-order valence-electron chi connectivity index (χ3n) is 3.61. The Balaban J connectivity index is 0.00000132. The number of nitrogens with zero attached hydrogens (tertiary/aromatic N) is 1. The van der Waals surface area contributed by atoms with Crippen LogP contribution in [0.4, 0.5) is 0 Å². The first kappa shape index (κ1) is 19.1. The normalized spacial score (nSPS) is 14.5. The van der Waals surface area contributed by atoms with E-state index in [1.165, 1.54) is 12.3 Å². The highest BCUT2D eigenvalue weighted by Gasteiger charge is 2.31. The van der Waals surface area contributed by atoms with Crippen molar-refractivity contribution in [2.45, 2.75) is 18.9 Å². The number of aromatic nitrogens is 3. The molecule has 1 fully saturated rings. The summed E-state index contributed by atoms with van der Waals surface area (Å²) in [6.07, 6.45) is 3.46. The molecule has 2 aromatic heterocycles. The summed E-state index contributed by atoms with van der Waals surface area (Å²) in [7, 11) is 0. The molecule has 5 N–H and O–H groups in total. The third-order valence-corrected chi connectivity index (χ3v) is 3.61. The summed E-state index contributed by atoms with van der Waals surface area (Å²) in [5.41, 5.74) is 4.85. The number of fused-ring (bicyclic) bond motifs is 1. The molecule has 0 bridgehead atoms. The largest absolute Gasteiger partial charge is 0.348 e. The topological polar surface area (TPSA) is 134 Å². The number of halogens is 2. The summed E-state index contributed by atoms with van der Waals surface area (Å²) in [5, 5.41) is 3.02. The summed E-state index contributed by atoms with van der Waals surface area (Å²) >= 11 is 0. The molecule has 1 aliphatic carbocycles. The number of rotatable bonds is 4. The second kappa shape index (κ2) is 7.58. The molecule has 0 radical (unpaired) electrons. The average molecular weight is 362 g/mol. The van der Waals surface area contributed by atoms with E-state index in [9.17, 15) is 14.4 Å². The highest BCUT2D eigenvalue weighted by Crippen LogP contribution is 2.32. The molecule has 0 aliphatic heterocycles. The molecule has 0 aromatic carbocycles. The van der Waals surface area contributed by atoms with Gasteiger partial charge in [0.25, 0.3) is 11.5 Å². The maximum atomic E-state index is 12.2. The van der Waals surface area contributed by atoms with Crippen LogP contribution in [-0.2, 0) is 0 Å². The number of carbonyl (C=O) groups excluding carboxylic acids is 1. The first-order valence-electron chi connectivity index (χ1n) is 6.72.